The fourth-order valence-electron chi connectivity index (χ4n) is 4.06. The highest BCUT2D eigenvalue weighted by molar-refractivity contribution is 5.89. The van der Waals surface area contributed by atoms with Crippen LogP contribution in [0, 0.1) is 0 Å². The predicted molar refractivity (Wildman–Crippen MR) is 130 cm³/mol. The van der Waals surface area contributed by atoms with Gasteiger partial charge in [0.25, 0.3) is 0 Å². The second-order valence-electron chi connectivity index (χ2n) is 8.77. The maximum atomic E-state index is 12.3. The lowest BCUT2D eigenvalue weighted by Gasteiger charge is -2.26. The van der Waals surface area contributed by atoms with E-state index in [1.165, 1.54) is 13.3 Å². The molecule has 1 aliphatic rings. The monoisotopic (exact) mass is 497 g/mol. The quantitative estimate of drug-likeness (QED) is 0.380. The van der Waals surface area contributed by atoms with E-state index in [9.17, 15) is 14.7 Å². The Morgan fingerprint density at radius 1 is 1.11 bits per heavy atom. The lowest BCUT2D eigenvalue weighted by atomic mass is 9.93. The van der Waals surface area contributed by atoms with Gasteiger partial charge in [-0.15, -0.1) is 0 Å². The van der Waals surface area contributed by atoms with Gasteiger partial charge in [-0.25, -0.2) is 19.7 Å². The number of rotatable bonds is 11. The van der Waals surface area contributed by atoms with Crippen molar-refractivity contribution in [1.82, 2.24) is 19.5 Å². The maximum Gasteiger partial charge on any atom is 0.338 e. The van der Waals surface area contributed by atoms with Crippen molar-refractivity contribution in [3.63, 3.8) is 0 Å². The van der Waals surface area contributed by atoms with Gasteiger partial charge in [0.2, 0.25) is 0 Å². The number of ether oxygens (including phenoxy) is 3. The minimum absolute atomic E-state index is 0.00303. The van der Waals surface area contributed by atoms with Crippen LogP contribution < -0.4 is 5.32 Å². The van der Waals surface area contributed by atoms with Crippen LogP contribution in [-0.4, -0.2) is 68.0 Å². The normalized spacial score (nSPS) is 18.5. The maximum absolute atomic E-state index is 12.3. The molecule has 0 amide bonds. The van der Waals surface area contributed by atoms with Crippen molar-refractivity contribution in [2.24, 2.45) is 0 Å². The highest BCUT2D eigenvalue weighted by Gasteiger charge is 2.21. The second kappa shape index (κ2) is 12.4. The summed E-state index contributed by atoms with van der Waals surface area (Å²) in [7, 11) is 0. The lowest BCUT2D eigenvalue weighted by molar-refractivity contribution is -0.142. The minimum atomic E-state index is -0.512. The molecule has 1 saturated carbocycles. The first-order valence-corrected chi connectivity index (χ1v) is 12.1. The number of carbonyl (C=O) groups excluding carboxylic acids is 2. The molecule has 0 unspecified atom stereocenters. The average molecular weight is 498 g/mol. The van der Waals surface area contributed by atoms with Gasteiger partial charge in [0.05, 0.1) is 30.7 Å². The van der Waals surface area contributed by atoms with Crippen molar-refractivity contribution >= 4 is 28.9 Å². The molecule has 11 nitrogen and oxygen atoms in total. The molecule has 36 heavy (non-hydrogen) atoms. The Labute approximate surface area is 208 Å². The Balaban J connectivity index is 1.38. The van der Waals surface area contributed by atoms with E-state index in [-0.39, 0.29) is 38.1 Å². The number of aliphatic hydroxyl groups excluding tert-OH is 1. The number of aromatic nitrogens is 4. The largest absolute Gasteiger partial charge is 0.466 e. The molecular formula is C25H31N5O6. The number of aliphatic hydroxyl groups is 1. The summed E-state index contributed by atoms with van der Waals surface area (Å²) < 4.78 is 18.2. The molecule has 1 atom stereocenters. The molecule has 3 aromatic rings. The number of fused-ring (bicyclic) bond motifs is 1. The Hall–Kier alpha value is -3.57. The Bertz CT molecular complexity index is 1150. The van der Waals surface area contributed by atoms with E-state index in [2.05, 4.69) is 20.3 Å². The Kier molecular flexibility index (Phi) is 8.80. The molecule has 0 radical (unpaired) electrons. The van der Waals surface area contributed by atoms with E-state index in [1.807, 2.05) is 6.07 Å². The molecule has 2 aromatic heterocycles. The van der Waals surface area contributed by atoms with E-state index in [0.29, 0.717) is 29.0 Å². The van der Waals surface area contributed by atoms with Crippen molar-refractivity contribution in [2.75, 3.05) is 18.5 Å². The van der Waals surface area contributed by atoms with E-state index in [4.69, 9.17) is 14.2 Å². The lowest BCUT2D eigenvalue weighted by Crippen LogP contribution is -2.28. The summed E-state index contributed by atoms with van der Waals surface area (Å²) in [5, 5.41) is 13.2. The van der Waals surface area contributed by atoms with Gasteiger partial charge in [0.15, 0.2) is 11.5 Å². The molecule has 0 aliphatic heterocycles. The first kappa shape index (κ1) is 25.5. The SMILES string of the molecule is CC(=O)OCC[C@@H](COC(=O)c1ccccc1)OCn1cnc2c(NC3CCC(O)CC3)ncnc21. The number of hydrogen-bond donors (Lipinski definition) is 2. The van der Waals surface area contributed by atoms with Crippen molar-refractivity contribution in [3.8, 4) is 0 Å². The molecule has 1 aliphatic carbocycles. The molecule has 192 valence electrons. The van der Waals surface area contributed by atoms with Gasteiger partial charge in [-0.05, 0) is 37.8 Å². The van der Waals surface area contributed by atoms with E-state index in [1.54, 1.807) is 35.2 Å². The third-order valence-electron chi connectivity index (χ3n) is 6.04. The predicted octanol–water partition coefficient (Wildman–Crippen LogP) is 2.69. The Morgan fingerprint density at radius 2 is 1.89 bits per heavy atom. The van der Waals surface area contributed by atoms with Crippen LogP contribution in [0.3, 0.4) is 0 Å². The Morgan fingerprint density at radius 3 is 2.64 bits per heavy atom. The average Bonchev–Trinajstić information content (AvgIpc) is 3.31. The number of imidazole rings is 1. The number of anilines is 1. The van der Waals surface area contributed by atoms with Crippen LogP contribution in [0.2, 0.25) is 0 Å². The van der Waals surface area contributed by atoms with Crippen molar-refractivity contribution in [1.29, 1.82) is 0 Å². The topological polar surface area (TPSA) is 138 Å². The molecule has 0 saturated heterocycles. The molecule has 2 N–H and O–H groups in total. The van der Waals surface area contributed by atoms with Gasteiger partial charge in [-0.2, -0.15) is 0 Å². The van der Waals surface area contributed by atoms with Crippen LogP contribution in [0.1, 0.15) is 49.4 Å². The number of carbonyl (C=O) groups is 2. The molecule has 0 bridgehead atoms. The number of hydrogen-bond acceptors (Lipinski definition) is 10. The highest BCUT2D eigenvalue weighted by Crippen LogP contribution is 2.24. The van der Waals surface area contributed by atoms with Gasteiger partial charge in [0.1, 0.15) is 25.2 Å². The third kappa shape index (κ3) is 6.98. The summed E-state index contributed by atoms with van der Waals surface area (Å²) in [5.41, 5.74) is 1.67. The summed E-state index contributed by atoms with van der Waals surface area (Å²) in [5.74, 6) is -0.202. The number of nitrogens with zero attached hydrogens (tertiary/aromatic N) is 4. The third-order valence-corrected chi connectivity index (χ3v) is 6.04. The van der Waals surface area contributed by atoms with E-state index >= 15 is 0 Å². The summed E-state index contributed by atoms with van der Waals surface area (Å²) in [6.07, 6.45) is 5.95. The fraction of sp³-hybridized carbons (Fsp3) is 0.480. The molecule has 1 fully saturated rings. The highest BCUT2D eigenvalue weighted by atomic mass is 16.6. The number of esters is 2. The van der Waals surface area contributed by atoms with Gasteiger partial charge in [-0.1, -0.05) is 18.2 Å². The summed E-state index contributed by atoms with van der Waals surface area (Å²) >= 11 is 0. The molecule has 0 spiro atoms. The fourth-order valence-corrected chi connectivity index (χ4v) is 4.06. The van der Waals surface area contributed by atoms with Gasteiger partial charge < -0.3 is 24.6 Å². The number of benzene rings is 1. The van der Waals surface area contributed by atoms with Crippen LogP contribution in [0.25, 0.3) is 11.2 Å². The van der Waals surface area contributed by atoms with Crippen molar-refractivity contribution in [3.05, 3.63) is 48.5 Å². The molecule has 1 aromatic carbocycles. The van der Waals surface area contributed by atoms with Crippen LogP contribution in [0.5, 0.6) is 0 Å². The zero-order valence-corrected chi connectivity index (χ0v) is 20.2. The van der Waals surface area contributed by atoms with E-state index < -0.39 is 12.1 Å². The van der Waals surface area contributed by atoms with Gasteiger partial charge in [-0.3, -0.25) is 9.36 Å². The molecule has 11 heteroatoms. The van der Waals surface area contributed by atoms with Gasteiger partial charge >= 0.3 is 11.9 Å². The van der Waals surface area contributed by atoms with E-state index in [0.717, 1.165) is 25.7 Å². The minimum Gasteiger partial charge on any atom is -0.466 e. The smallest absolute Gasteiger partial charge is 0.338 e. The molecule has 2 heterocycles. The summed E-state index contributed by atoms with van der Waals surface area (Å²) in [6.45, 7) is 1.58. The van der Waals surface area contributed by atoms with Crippen LogP contribution in [0.15, 0.2) is 43.0 Å². The first-order chi connectivity index (χ1) is 17.5. The van der Waals surface area contributed by atoms with Gasteiger partial charge in [0, 0.05) is 19.4 Å². The number of nitrogens with one attached hydrogen (secondary N) is 1. The molecular weight excluding hydrogens is 466 g/mol. The van der Waals surface area contributed by atoms with Crippen LogP contribution >= 0.6 is 0 Å². The summed E-state index contributed by atoms with van der Waals surface area (Å²) in [4.78, 5) is 36.7. The second-order valence-corrected chi connectivity index (χ2v) is 8.77. The zero-order valence-electron chi connectivity index (χ0n) is 20.2. The van der Waals surface area contributed by atoms with Crippen LogP contribution in [-0.2, 0) is 25.7 Å². The first-order valence-electron chi connectivity index (χ1n) is 12.1. The van der Waals surface area contributed by atoms with Crippen LogP contribution in [0.4, 0.5) is 5.82 Å². The standard InChI is InChI=1S/C25H31N5O6/c1-17(31)34-12-11-21(13-35-25(33)18-5-3-2-4-6-18)36-16-30-15-28-22-23(26-14-27-24(22)30)29-19-7-9-20(32)10-8-19/h2-6,14-15,19-21,32H,7-13,16H2,1H3,(H,26,27,29)/t19?,20?,21-/m0/s1. The van der Waals surface area contributed by atoms with Crippen molar-refractivity contribution in [2.45, 2.75) is 64.0 Å². The summed E-state index contributed by atoms with van der Waals surface area (Å²) in [6, 6.07) is 8.92. The van der Waals surface area contributed by atoms with Crippen molar-refractivity contribution < 1.29 is 28.9 Å². The zero-order chi connectivity index (χ0) is 25.3. The molecule has 4 rings (SSSR count).